The largest absolute Gasteiger partial charge is 0.458 e. The van der Waals surface area contributed by atoms with Crippen molar-refractivity contribution < 1.29 is 33.5 Å². The van der Waals surface area contributed by atoms with Crippen molar-refractivity contribution in [2.24, 2.45) is 29.1 Å². The molecule has 5 amide bonds. The predicted octanol–water partition coefficient (Wildman–Crippen LogP) is 3.10. The second kappa shape index (κ2) is 15.9. The highest BCUT2D eigenvalue weighted by Gasteiger charge is 2.48. The van der Waals surface area contributed by atoms with Crippen molar-refractivity contribution in [1.29, 1.82) is 0 Å². The number of amides is 5. The summed E-state index contributed by atoms with van der Waals surface area (Å²) < 4.78 is 5.49. The Labute approximate surface area is 274 Å². The van der Waals surface area contributed by atoms with E-state index in [1.807, 2.05) is 13.8 Å². The molecule has 1 aliphatic heterocycles. The first-order valence-corrected chi connectivity index (χ1v) is 16.5. The van der Waals surface area contributed by atoms with Crippen LogP contribution in [-0.4, -0.2) is 83.3 Å². The summed E-state index contributed by atoms with van der Waals surface area (Å²) in [6.07, 6.45) is 4.21. The fourth-order valence-corrected chi connectivity index (χ4v) is 5.67. The second-order valence-corrected chi connectivity index (χ2v) is 15.4. The number of urea groups is 1. The zero-order chi connectivity index (χ0) is 35.1. The Morgan fingerprint density at radius 1 is 0.913 bits per heavy atom. The molecule has 2 fully saturated rings. The van der Waals surface area contributed by atoms with Crippen LogP contribution in [0.3, 0.4) is 0 Å². The van der Waals surface area contributed by atoms with Crippen molar-refractivity contribution in [2.75, 3.05) is 13.1 Å². The third kappa shape index (κ3) is 11.1. The zero-order valence-corrected chi connectivity index (χ0v) is 29.5. The van der Waals surface area contributed by atoms with Crippen LogP contribution in [0.25, 0.3) is 0 Å². The van der Waals surface area contributed by atoms with Crippen molar-refractivity contribution in [3.63, 3.8) is 0 Å². The number of likely N-dealkylation sites (tertiary alicyclic amines) is 1. The van der Waals surface area contributed by atoms with Gasteiger partial charge >= 0.3 is 12.0 Å². The molecule has 0 aromatic heterocycles. The van der Waals surface area contributed by atoms with Gasteiger partial charge in [0.1, 0.15) is 23.7 Å². The number of rotatable bonds is 14. The van der Waals surface area contributed by atoms with Gasteiger partial charge in [-0.2, -0.15) is 0 Å². The van der Waals surface area contributed by atoms with E-state index in [0.717, 1.165) is 12.8 Å². The summed E-state index contributed by atoms with van der Waals surface area (Å²) >= 11 is 0. The smallest absolute Gasteiger partial charge is 0.329 e. The number of carbonyl (C=O) groups excluding carboxylic acids is 6. The minimum Gasteiger partial charge on any atom is -0.458 e. The van der Waals surface area contributed by atoms with Gasteiger partial charge in [-0.1, -0.05) is 67.4 Å². The van der Waals surface area contributed by atoms with E-state index in [0.29, 0.717) is 12.8 Å². The average molecular weight is 648 g/mol. The van der Waals surface area contributed by atoms with Crippen molar-refractivity contribution in [3.05, 3.63) is 12.7 Å². The van der Waals surface area contributed by atoms with Crippen LogP contribution in [0.2, 0.25) is 0 Å². The number of ether oxygens (including phenoxy) is 1. The molecule has 5 atom stereocenters. The van der Waals surface area contributed by atoms with Crippen molar-refractivity contribution >= 4 is 35.5 Å². The fourth-order valence-electron chi connectivity index (χ4n) is 5.67. The third-order valence-electron chi connectivity index (χ3n) is 8.38. The van der Waals surface area contributed by atoms with E-state index < -0.39 is 70.7 Å². The van der Waals surface area contributed by atoms with Gasteiger partial charge in [-0.25, -0.2) is 9.59 Å². The number of hydrogen-bond donors (Lipinski definition) is 4. The number of Topliss-reactive ketones (excluding diaryl/α,β-unsaturated/α-hetero) is 1. The molecule has 2 rings (SSSR count). The Balaban J connectivity index is 2.32. The number of nitrogens with zero attached hydrogens (tertiary/aromatic N) is 1. The van der Waals surface area contributed by atoms with Crippen molar-refractivity contribution in [3.8, 4) is 0 Å². The van der Waals surface area contributed by atoms with E-state index in [1.54, 1.807) is 55.4 Å². The molecule has 1 aliphatic carbocycles. The molecule has 260 valence electrons. The molecule has 1 heterocycles. The molecule has 12 heteroatoms. The summed E-state index contributed by atoms with van der Waals surface area (Å²) in [6, 6.07) is -4.63. The van der Waals surface area contributed by atoms with Gasteiger partial charge in [-0.15, -0.1) is 6.58 Å². The van der Waals surface area contributed by atoms with Gasteiger partial charge in [-0.05, 0) is 62.7 Å². The number of esters is 1. The van der Waals surface area contributed by atoms with E-state index in [2.05, 4.69) is 27.8 Å². The van der Waals surface area contributed by atoms with E-state index in [-0.39, 0.29) is 36.8 Å². The van der Waals surface area contributed by atoms with Crippen molar-refractivity contribution in [1.82, 2.24) is 26.2 Å². The van der Waals surface area contributed by atoms with Crippen LogP contribution in [0.4, 0.5) is 4.79 Å². The van der Waals surface area contributed by atoms with E-state index in [4.69, 9.17) is 4.74 Å². The van der Waals surface area contributed by atoms with Gasteiger partial charge in [-0.3, -0.25) is 19.2 Å². The van der Waals surface area contributed by atoms with Gasteiger partial charge in [0, 0.05) is 13.1 Å². The molecule has 0 bridgehead atoms. The van der Waals surface area contributed by atoms with Crippen LogP contribution in [0.1, 0.15) is 94.9 Å². The minimum atomic E-state index is -1.05. The summed E-state index contributed by atoms with van der Waals surface area (Å²) in [7, 11) is 0. The molecule has 2 unspecified atom stereocenters. The highest BCUT2D eigenvalue weighted by molar-refractivity contribution is 6.38. The standard InChI is InChI=1S/C34H57N5O7/c1-12-16-35-29(42)26(40)23(18-21-13-14-21)36-28(41)25-22(19(2)3)15-17-39(25)30(43)27(33(6,7)8)38-32(45)37-24(20(4)5)31(44)46-34(9,10)11/h12,19-25,27H,1,13-18H2,2-11H3,(H,35,42)(H,36,41)(H2,37,38,45)/t22?,23?,24-,25-,27+/m0/s1. The molecule has 46 heavy (non-hydrogen) atoms. The first-order chi connectivity index (χ1) is 21.2. The number of nitrogens with one attached hydrogen (secondary N) is 4. The first-order valence-electron chi connectivity index (χ1n) is 16.5. The molecule has 0 aromatic rings. The van der Waals surface area contributed by atoms with E-state index in [1.165, 1.54) is 11.0 Å². The lowest BCUT2D eigenvalue weighted by molar-refractivity contribution is -0.158. The van der Waals surface area contributed by atoms with Gasteiger partial charge in [0.2, 0.25) is 17.6 Å². The summed E-state index contributed by atoms with van der Waals surface area (Å²) in [5.41, 5.74) is -1.51. The fraction of sp³-hybridized carbons (Fsp3) is 0.765. The minimum absolute atomic E-state index is 0.0343. The van der Waals surface area contributed by atoms with Crippen LogP contribution < -0.4 is 21.3 Å². The quantitative estimate of drug-likeness (QED) is 0.128. The zero-order valence-electron chi connectivity index (χ0n) is 29.5. The molecular weight excluding hydrogens is 590 g/mol. The number of carbonyl (C=O) groups is 6. The van der Waals surface area contributed by atoms with Crippen LogP contribution in [0.5, 0.6) is 0 Å². The topological polar surface area (TPSA) is 163 Å². The monoisotopic (exact) mass is 647 g/mol. The van der Waals surface area contributed by atoms with E-state index >= 15 is 0 Å². The lowest BCUT2D eigenvalue weighted by Crippen LogP contribution is -2.62. The van der Waals surface area contributed by atoms with Crippen molar-refractivity contribution in [2.45, 2.75) is 125 Å². The second-order valence-electron chi connectivity index (χ2n) is 15.4. The molecule has 2 aliphatic rings. The first kappa shape index (κ1) is 38.7. The highest BCUT2D eigenvalue weighted by Crippen LogP contribution is 2.35. The van der Waals surface area contributed by atoms with E-state index in [9.17, 15) is 28.8 Å². The Kier molecular flexibility index (Phi) is 13.4. The molecular formula is C34H57N5O7. The van der Waals surface area contributed by atoms with Gasteiger partial charge in [0.15, 0.2) is 0 Å². The number of ketones is 1. The van der Waals surface area contributed by atoms with Crippen LogP contribution in [0, 0.1) is 29.1 Å². The van der Waals surface area contributed by atoms with Crippen LogP contribution in [-0.2, 0) is 28.7 Å². The molecule has 1 saturated heterocycles. The summed E-state index contributed by atoms with van der Waals surface area (Å²) in [6.45, 7) is 22.1. The Morgan fingerprint density at radius 2 is 1.52 bits per heavy atom. The maximum absolute atomic E-state index is 14.3. The summed E-state index contributed by atoms with van der Waals surface area (Å²) in [4.78, 5) is 81.5. The lowest BCUT2D eigenvalue weighted by Gasteiger charge is -2.37. The average Bonchev–Trinajstić information content (AvgIpc) is 3.63. The lowest BCUT2D eigenvalue weighted by atomic mass is 9.84. The molecule has 1 saturated carbocycles. The predicted molar refractivity (Wildman–Crippen MR) is 175 cm³/mol. The Hall–Kier alpha value is -3.44. The van der Waals surface area contributed by atoms with Crippen LogP contribution >= 0.6 is 0 Å². The third-order valence-corrected chi connectivity index (χ3v) is 8.38. The highest BCUT2D eigenvalue weighted by atomic mass is 16.6. The maximum atomic E-state index is 14.3. The molecule has 0 radical (unpaired) electrons. The summed E-state index contributed by atoms with van der Waals surface area (Å²) in [5.74, 6) is -3.26. The Morgan fingerprint density at radius 3 is 2.00 bits per heavy atom. The molecule has 4 N–H and O–H groups in total. The number of hydrogen-bond acceptors (Lipinski definition) is 7. The Bertz CT molecular complexity index is 1150. The molecule has 12 nitrogen and oxygen atoms in total. The van der Waals surface area contributed by atoms with Gasteiger partial charge < -0.3 is 30.9 Å². The summed E-state index contributed by atoms with van der Waals surface area (Å²) in [5, 5.41) is 10.8. The normalized spacial score (nSPS) is 20.4. The van der Waals surface area contributed by atoms with Crippen LogP contribution in [0.15, 0.2) is 12.7 Å². The van der Waals surface area contributed by atoms with Gasteiger partial charge in [0.05, 0.1) is 6.04 Å². The van der Waals surface area contributed by atoms with Gasteiger partial charge in [0.25, 0.3) is 5.91 Å². The SMILES string of the molecule is C=CCNC(=O)C(=O)C(CC1CC1)NC(=O)[C@@H]1C(C(C)C)CCN1C(=O)[C@@H](NC(=O)N[C@H](C(=O)OC(C)(C)C)C(C)C)C(C)(C)C. The molecule has 0 aromatic carbocycles. The molecule has 0 spiro atoms. The maximum Gasteiger partial charge on any atom is 0.329 e.